The van der Waals surface area contributed by atoms with Gasteiger partial charge in [-0.2, -0.15) is 0 Å². The van der Waals surface area contributed by atoms with E-state index in [9.17, 15) is 8.78 Å². The van der Waals surface area contributed by atoms with Crippen LogP contribution in [0.3, 0.4) is 0 Å². The van der Waals surface area contributed by atoms with Crippen molar-refractivity contribution in [2.75, 3.05) is 11.9 Å². The van der Waals surface area contributed by atoms with Crippen LogP contribution in [0.5, 0.6) is 0 Å². The topological polar surface area (TPSA) is 50.9 Å². The highest BCUT2D eigenvalue weighted by atomic mass is 19.1. The molecule has 2 unspecified atom stereocenters. The summed E-state index contributed by atoms with van der Waals surface area (Å²) in [6, 6.07) is 0.996. The van der Waals surface area contributed by atoms with Crippen molar-refractivity contribution in [3.8, 4) is 0 Å². The van der Waals surface area contributed by atoms with E-state index in [1.54, 1.807) is 0 Å². The number of nitrogens with zero attached hydrogens (tertiary/aromatic N) is 1. The fourth-order valence-corrected chi connectivity index (χ4v) is 2.26. The summed E-state index contributed by atoms with van der Waals surface area (Å²) in [6.45, 7) is 0.594. The van der Waals surface area contributed by atoms with Gasteiger partial charge >= 0.3 is 0 Å². The SMILES string of the molecule is NC1CCCCC1CNc1ncc(F)cc1F. The number of aromatic nitrogens is 1. The van der Waals surface area contributed by atoms with Gasteiger partial charge in [0.2, 0.25) is 0 Å². The number of pyridine rings is 1. The number of rotatable bonds is 3. The Labute approximate surface area is 99.4 Å². The van der Waals surface area contributed by atoms with Crippen LogP contribution in [0.25, 0.3) is 0 Å². The molecule has 0 saturated heterocycles. The molecule has 0 bridgehead atoms. The van der Waals surface area contributed by atoms with E-state index in [4.69, 9.17) is 5.73 Å². The highest BCUT2D eigenvalue weighted by molar-refractivity contribution is 5.35. The van der Waals surface area contributed by atoms with E-state index in [-0.39, 0.29) is 11.9 Å². The summed E-state index contributed by atoms with van der Waals surface area (Å²) >= 11 is 0. The Bertz CT molecular complexity index is 384. The van der Waals surface area contributed by atoms with Gasteiger partial charge in [0.05, 0.1) is 6.20 Å². The van der Waals surface area contributed by atoms with Crippen LogP contribution in [0, 0.1) is 17.6 Å². The van der Waals surface area contributed by atoms with Gasteiger partial charge < -0.3 is 11.1 Å². The van der Waals surface area contributed by atoms with Crippen molar-refractivity contribution in [3.63, 3.8) is 0 Å². The molecule has 94 valence electrons. The van der Waals surface area contributed by atoms with Crippen molar-refractivity contribution in [2.24, 2.45) is 11.7 Å². The molecule has 0 aromatic carbocycles. The fraction of sp³-hybridized carbons (Fsp3) is 0.583. The van der Waals surface area contributed by atoms with Crippen LogP contribution < -0.4 is 11.1 Å². The van der Waals surface area contributed by atoms with Gasteiger partial charge in [-0.1, -0.05) is 12.8 Å². The first-order valence-corrected chi connectivity index (χ1v) is 5.97. The fourth-order valence-electron chi connectivity index (χ4n) is 2.26. The summed E-state index contributed by atoms with van der Waals surface area (Å²) in [4.78, 5) is 3.69. The zero-order chi connectivity index (χ0) is 12.3. The third kappa shape index (κ3) is 3.12. The monoisotopic (exact) mass is 241 g/mol. The van der Waals surface area contributed by atoms with E-state index in [0.717, 1.165) is 25.1 Å². The van der Waals surface area contributed by atoms with Crippen LogP contribution in [-0.2, 0) is 0 Å². The predicted molar refractivity (Wildman–Crippen MR) is 62.6 cm³/mol. The Kier molecular flexibility index (Phi) is 3.89. The second-order valence-corrected chi connectivity index (χ2v) is 4.57. The Morgan fingerprint density at radius 3 is 2.82 bits per heavy atom. The normalized spacial score (nSPS) is 24.6. The number of nitrogens with one attached hydrogen (secondary N) is 1. The summed E-state index contributed by atoms with van der Waals surface area (Å²) < 4.78 is 26.0. The molecular weight excluding hydrogens is 224 g/mol. The second kappa shape index (κ2) is 5.40. The molecule has 0 amide bonds. The Morgan fingerprint density at radius 1 is 1.35 bits per heavy atom. The molecule has 5 heteroatoms. The highest BCUT2D eigenvalue weighted by Gasteiger charge is 2.21. The van der Waals surface area contributed by atoms with E-state index in [1.807, 2.05) is 0 Å². The molecule has 1 saturated carbocycles. The van der Waals surface area contributed by atoms with Gasteiger partial charge in [0, 0.05) is 18.7 Å². The molecule has 17 heavy (non-hydrogen) atoms. The molecule has 3 nitrogen and oxygen atoms in total. The summed E-state index contributed by atoms with van der Waals surface area (Å²) in [5.41, 5.74) is 5.99. The molecule has 1 heterocycles. The van der Waals surface area contributed by atoms with Gasteiger partial charge in [0.1, 0.15) is 5.82 Å². The minimum atomic E-state index is -0.664. The van der Waals surface area contributed by atoms with Crippen LogP contribution >= 0.6 is 0 Å². The maximum atomic E-state index is 13.3. The summed E-state index contributed by atoms with van der Waals surface area (Å²) in [6.07, 6.45) is 5.41. The van der Waals surface area contributed by atoms with Crippen molar-refractivity contribution in [1.29, 1.82) is 0 Å². The molecule has 1 fully saturated rings. The molecule has 1 aliphatic carbocycles. The molecule has 0 spiro atoms. The van der Waals surface area contributed by atoms with Crippen molar-refractivity contribution in [2.45, 2.75) is 31.7 Å². The Balaban J connectivity index is 1.92. The lowest BCUT2D eigenvalue weighted by Crippen LogP contribution is -2.37. The number of anilines is 1. The number of hydrogen-bond donors (Lipinski definition) is 2. The number of halogens is 2. The lowest BCUT2D eigenvalue weighted by molar-refractivity contribution is 0.321. The van der Waals surface area contributed by atoms with Crippen LogP contribution in [-0.4, -0.2) is 17.6 Å². The smallest absolute Gasteiger partial charge is 0.168 e. The highest BCUT2D eigenvalue weighted by Crippen LogP contribution is 2.23. The summed E-state index contributed by atoms with van der Waals surface area (Å²) in [5.74, 6) is -0.879. The molecule has 0 radical (unpaired) electrons. The lowest BCUT2D eigenvalue weighted by atomic mass is 9.85. The number of nitrogens with two attached hydrogens (primary N) is 1. The largest absolute Gasteiger partial charge is 0.367 e. The minimum Gasteiger partial charge on any atom is -0.367 e. The predicted octanol–water partition coefficient (Wildman–Crippen LogP) is 2.29. The van der Waals surface area contributed by atoms with Crippen LogP contribution in [0.15, 0.2) is 12.3 Å². The molecule has 2 atom stereocenters. The minimum absolute atomic E-state index is 0.101. The second-order valence-electron chi connectivity index (χ2n) is 4.57. The quantitative estimate of drug-likeness (QED) is 0.853. The van der Waals surface area contributed by atoms with Crippen LogP contribution in [0.2, 0.25) is 0 Å². The third-order valence-corrected chi connectivity index (χ3v) is 3.31. The molecule has 3 N–H and O–H groups in total. The Morgan fingerprint density at radius 2 is 2.12 bits per heavy atom. The van der Waals surface area contributed by atoms with Gasteiger partial charge in [-0.05, 0) is 18.8 Å². The van der Waals surface area contributed by atoms with Crippen molar-refractivity contribution in [3.05, 3.63) is 23.9 Å². The van der Waals surface area contributed by atoms with E-state index >= 15 is 0 Å². The average molecular weight is 241 g/mol. The summed E-state index contributed by atoms with van der Waals surface area (Å²) in [5, 5.41) is 2.91. The first kappa shape index (κ1) is 12.2. The molecule has 0 aliphatic heterocycles. The van der Waals surface area contributed by atoms with Crippen molar-refractivity contribution < 1.29 is 8.78 Å². The maximum Gasteiger partial charge on any atom is 0.168 e. The Hall–Kier alpha value is -1.23. The van der Waals surface area contributed by atoms with Gasteiger partial charge in [-0.3, -0.25) is 0 Å². The molecule has 1 aromatic rings. The van der Waals surface area contributed by atoms with Gasteiger partial charge in [0.15, 0.2) is 11.6 Å². The van der Waals surface area contributed by atoms with Crippen molar-refractivity contribution in [1.82, 2.24) is 4.98 Å². The zero-order valence-electron chi connectivity index (χ0n) is 9.63. The van der Waals surface area contributed by atoms with Crippen molar-refractivity contribution >= 4 is 5.82 Å². The van der Waals surface area contributed by atoms with Gasteiger partial charge in [0.25, 0.3) is 0 Å². The standard InChI is InChI=1S/C12H17F2N3/c13-9-5-10(14)12(17-7-9)16-6-8-3-1-2-4-11(8)15/h5,7-8,11H,1-4,6,15H2,(H,16,17). The third-order valence-electron chi connectivity index (χ3n) is 3.31. The van der Waals surface area contributed by atoms with E-state index < -0.39 is 11.6 Å². The van der Waals surface area contributed by atoms with Gasteiger partial charge in [-0.25, -0.2) is 13.8 Å². The first-order chi connectivity index (χ1) is 8.16. The maximum absolute atomic E-state index is 13.3. The number of hydrogen-bond acceptors (Lipinski definition) is 3. The van der Waals surface area contributed by atoms with Gasteiger partial charge in [-0.15, -0.1) is 0 Å². The van der Waals surface area contributed by atoms with E-state index in [2.05, 4.69) is 10.3 Å². The first-order valence-electron chi connectivity index (χ1n) is 5.97. The zero-order valence-corrected chi connectivity index (χ0v) is 9.63. The lowest BCUT2D eigenvalue weighted by Gasteiger charge is -2.28. The van der Waals surface area contributed by atoms with Crippen LogP contribution in [0.4, 0.5) is 14.6 Å². The average Bonchev–Trinajstić information content (AvgIpc) is 2.30. The van der Waals surface area contributed by atoms with E-state index in [0.29, 0.717) is 12.5 Å². The molecule has 2 rings (SSSR count). The molecule has 1 aromatic heterocycles. The molecular formula is C12H17F2N3. The summed E-state index contributed by atoms with van der Waals surface area (Å²) in [7, 11) is 0. The van der Waals surface area contributed by atoms with E-state index in [1.165, 1.54) is 12.8 Å². The van der Waals surface area contributed by atoms with Crippen LogP contribution in [0.1, 0.15) is 25.7 Å². The molecule has 1 aliphatic rings.